The van der Waals surface area contributed by atoms with E-state index in [1.807, 2.05) is 38.1 Å². The Morgan fingerprint density at radius 3 is 2.29 bits per heavy atom. The lowest BCUT2D eigenvalue weighted by Crippen LogP contribution is -2.31. The molecular weight excluding hydrogens is 332 g/mol. The molecule has 5 nitrogen and oxygen atoms in total. The Morgan fingerprint density at radius 1 is 1.10 bits per heavy atom. The highest BCUT2D eigenvalue weighted by Crippen LogP contribution is 2.17. The molecule has 2 rings (SSSR count). The fraction of sp³-hybridized carbons (Fsp3) is 0.267. The van der Waals surface area contributed by atoms with Gasteiger partial charge < -0.3 is 10.2 Å². The smallest absolute Gasteiger partial charge is 0.274 e. The quantitative estimate of drug-likeness (QED) is 0.898. The molecule has 2 aromatic rings. The maximum Gasteiger partial charge on any atom is 0.274 e. The Morgan fingerprint density at radius 2 is 1.76 bits per heavy atom. The molecule has 1 N–H and O–H groups in total. The number of carbonyl (C=O) groups is 1. The highest BCUT2D eigenvalue weighted by Gasteiger charge is 2.14. The van der Waals surface area contributed by atoms with Gasteiger partial charge in [-0.15, -0.1) is 10.2 Å². The first-order valence-corrected chi connectivity index (χ1v) is 7.59. The van der Waals surface area contributed by atoms with Crippen LogP contribution < -0.4 is 5.32 Å². The third kappa shape index (κ3) is 4.01. The lowest BCUT2D eigenvalue weighted by Gasteiger charge is -2.17. The van der Waals surface area contributed by atoms with E-state index in [4.69, 9.17) is 0 Å². The molecule has 1 aromatic heterocycles. The van der Waals surface area contributed by atoms with E-state index in [0.717, 1.165) is 10.2 Å². The molecule has 0 bridgehead atoms. The number of hydrogen-bond donors (Lipinski definition) is 1. The summed E-state index contributed by atoms with van der Waals surface area (Å²) in [4.78, 5) is 13.8. The molecule has 0 saturated heterocycles. The van der Waals surface area contributed by atoms with Crippen molar-refractivity contribution in [1.82, 2.24) is 15.1 Å². The molecule has 1 heterocycles. The molecule has 1 aromatic carbocycles. The van der Waals surface area contributed by atoms with Crippen LogP contribution >= 0.6 is 15.9 Å². The number of anilines is 2. The third-order valence-electron chi connectivity index (χ3n) is 3.05. The average Bonchev–Trinajstić information content (AvgIpc) is 2.51. The van der Waals surface area contributed by atoms with Gasteiger partial charge >= 0.3 is 0 Å². The Bertz CT molecular complexity index is 594. The van der Waals surface area contributed by atoms with Crippen LogP contribution in [0.4, 0.5) is 11.5 Å². The second kappa shape index (κ2) is 7.17. The zero-order valence-corrected chi connectivity index (χ0v) is 13.6. The van der Waals surface area contributed by atoms with Crippen LogP contribution in [0.5, 0.6) is 0 Å². The highest BCUT2D eigenvalue weighted by atomic mass is 79.9. The number of carbonyl (C=O) groups excluding carboxylic acids is 1. The van der Waals surface area contributed by atoms with E-state index in [2.05, 4.69) is 31.4 Å². The zero-order chi connectivity index (χ0) is 15.2. The Balaban J connectivity index is 2.08. The Hall–Kier alpha value is -1.95. The van der Waals surface area contributed by atoms with Crippen molar-refractivity contribution in [2.24, 2.45) is 0 Å². The van der Waals surface area contributed by atoms with E-state index < -0.39 is 0 Å². The summed E-state index contributed by atoms with van der Waals surface area (Å²) in [6.07, 6.45) is 0. The van der Waals surface area contributed by atoms with Crippen LogP contribution in [0.15, 0.2) is 40.9 Å². The molecule has 0 unspecified atom stereocenters. The first kappa shape index (κ1) is 15.4. The second-order valence-electron chi connectivity index (χ2n) is 4.41. The summed E-state index contributed by atoms with van der Waals surface area (Å²) in [6, 6.07) is 11.2. The zero-order valence-electron chi connectivity index (χ0n) is 12.0. The van der Waals surface area contributed by atoms with Gasteiger partial charge in [0, 0.05) is 23.2 Å². The number of halogens is 1. The van der Waals surface area contributed by atoms with Crippen molar-refractivity contribution in [3.63, 3.8) is 0 Å². The van der Waals surface area contributed by atoms with Gasteiger partial charge in [0.05, 0.1) is 0 Å². The molecule has 0 aliphatic heterocycles. The minimum Gasteiger partial charge on any atom is -0.339 e. The molecule has 0 aliphatic carbocycles. The van der Waals surface area contributed by atoms with Crippen molar-refractivity contribution in [1.29, 1.82) is 0 Å². The second-order valence-corrected chi connectivity index (χ2v) is 5.33. The van der Waals surface area contributed by atoms with E-state index in [9.17, 15) is 4.79 Å². The fourth-order valence-corrected chi connectivity index (χ4v) is 2.13. The normalized spacial score (nSPS) is 10.2. The van der Waals surface area contributed by atoms with Crippen molar-refractivity contribution in [3.8, 4) is 0 Å². The molecule has 0 spiro atoms. The van der Waals surface area contributed by atoms with Gasteiger partial charge in [-0.05, 0) is 50.2 Å². The van der Waals surface area contributed by atoms with Crippen LogP contribution in [-0.4, -0.2) is 34.1 Å². The molecule has 21 heavy (non-hydrogen) atoms. The lowest BCUT2D eigenvalue weighted by molar-refractivity contribution is 0.0766. The Labute approximate surface area is 132 Å². The number of aromatic nitrogens is 2. The monoisotopic (exact) mass is 348 g/mol. The summed E-state index contributed by atoms with van der Waals surface area (Å²) in [5.41, 5.74) is 1.27. The van der Waals surface area contributed by atoms with E-state index in [1.165, 1.54) is 0 Å². The van der Waals surface area contributed by atoms with Gasteiger partial charge in [-0.25, -0.2) is 0 Å². The van der Waals surface area contributed by atoms with Crippen molar-refractivity contribution in [2.45, 2.75) is 13.8 Å². The average molecular weight is 349 g/mol. The van der Waals surface area contributed by atoms with Crippen LogP contribution in [0.2, 0.25) is 0 Å². The van der Waals surface area contributed by atoms with Crippen molar-refractivity contribution in [2.75, 3.05) is 18.4 Å². The molecule has 1 amide bonds. The molecule has 0 saturated carbocycles. The first-order chi connectivity index (χ1) is 10.1. The molecule has 0 fully saturated rings. The minimum atomic E-state index is -0.0947. The number of rotatable bonds is 5. The maximum atomic E-state index is 12.1. The molecule has 0 atom stereocenters. The largest absolute Gasteiger partial charge is 0.339 e. The molecular formula is C15H17BrN4O. The van der Waals surface area contributed by atoms with Crippen LogP contribution in [-0.2, 0) is 0 Å². The number of nitrogens with one attached hydrogen (secondary N) is 1. The summed E-state index contributed by atoms with van der Waals surface area (Å²) in [5.74, 6) is 0.510. The van der Waals surface area contributed by atoms with Crippen molar-refractivity contribution in [3.05, 3.63) is 46.6 Å². The summed E-state index contributed by atoms with van der Waals surface area (Å²) in [6.45, 7) is 5.21. The molecule has 110 valence electrons. The van der Waals surface area contributed by atoms with E-state index in [-0.39, 0.29) is 5.91 Å². The van der Waals surface area contributed by atoms with Crippen LogP contribution in [0.3, 0.4) is 0 Å². The molecule has 0 aliphatic rings. The van der Waals surface area contributed by atoms with Crippen LogP contribution in [0.25, 0.3) is 0 Å². The van der Waals surface area contributed by atoms with Gasteiger partial charge in [-0.2, -0.15) is 0 Å². The fourth-order valence-electron chi connectivity index (χ4n) is 1.87. The maximum absolute atomic E-state index is 12.1. The number of amides is 1. The summed E-state index contributed by atoms with van der Waals surface area (Å²) in [5, 5.41) is 11.2. The van der Waals surface area contributed by atoms with E-state index in [0.29, 0.717) is 24.6 Å². The number of nitrogens with zero attached hydrogens (tertiary/aromatic N) is 3. The standard InChI is InChI=1S/C15H17BrN4O/c1-3-20(4-2)15(21)13-9-10-14(19-18-13)17-12-7-5-11(16)6-8-12/h5-10H,3-4H2,1-2H3,(H,17,19). The number of benzene rings is 1. The predicted octanol–water partition coefficient (Wildman–Crippen LogP) is 3.46. The summed E-state index contributed by atoms with van der Waals surface area (Å²) < 4.78 is 1.01. The summed E-state index contributed by atoms with van der Waals surface area (Å²) in [7, 11) is 0. The summed E-state index contributed by atoms with van der Waals surface area (Å²) >= 11 is 3.39. The minimum absolute atomic E-state index is 0.0947. The predicted molar refractivity (Wildman–Crippen MR) is 86.7 cm³/mol. The van der Waals surface area contributed by atoms with Crippen LogP contribution in [0, 0.1) is 0 Å². The topological polar surface area (TPSA) is 58.1 Å². The van der Waals surface area contributed by atoms with Gasteiger partial charge in [0.2, 0.25) is 0 Å². The number of hydrogen-bond acceptors (Lipinski definition) is 4. The van der Waals surface area contributed by atoms with Crippen molar-refractivity contribution >= 4 is 33.3 Å². The van der Waals surface area contributed by atoms with Gasteiger partial charge in [-0.3, -0.25) is 4.79 Å². The first-order valence-electron chi connectivity index (χ1n) is 6.79. The highest BCUT2D eigenvalue weighted by molar-refractivity contribution is 9.10. The molecule has 6 heteroatoms. The van der Waals surface area contributed by atoms with Gasteiger partial charge in [0.1, 0.15) is 0 Å². The van der Waals surface area contributed by atoms with Gasteiger partial charge in [0.15, 0.2) is 11.5 Å². The van der Waals surface area contributed by atoms with Crippen molar-refractivity contribution < 1.29 is 4.79 Å². The third-order valence-corrected chi connectivity index (χ3v) is 3.58. The SMILES string of the molecule is CCN(CC)C(=O)c1ccc(Nc2ccc(Br)cc2)nn1. The van der Waals surface area contributed by atoms with E-state index in [1.54, 1.807) is 17.0 Å². The van der Waals surface area contributed by atoms with E-state index >= 15 is 0 Å². The lowest BCUT2D eigenvalue weighted by atomic mass is 10.3. The Kier molecular flexibility index (Phi) is 5.27. The molecule has 0 radical (unpaired) electrons. The van der Waals surface area contributed by atoms with Crippen LogP contribution in [0.1, 0.15) is 24.3 Å². The van der Waals surface area contributed by atoms with Gasteiger partial charge in [-0.1, -0.05) is 15.9 Å². The van der Waals surface area contributed by atoms with Gasteiger partial charge in [0.25, 0.3) is 5.91 Å².